The summed E-state index contributed by atoms with van der Waals surface area (Å²) in [4.78, 5) is 25.6. The van der Waals surface area contributed by atoms with Crippen LogP contribution < -0.4 is 10.1 Å². The fraction of sp³-hybridized carbons (Fsp3) is 0.600. The van der Waals surface area contributed by atoms with Crippen molar-refractivity contribution in [3.63, 3.8) is 0 Å². The first-order valence-corrected chi connectivity index (χ1v) is 9.39. The maximum absolute atomic E-state index is 12.1. The second-order valence-electron chi connectivity index (χ2n) is 7.24. The van der Waals surface area contributed by atoms with Crippen LogP contribution in [0.3, 0.4) is 0 Å². The predicted octanol–water partition coefficient (Wildman–Crippen LogP) is 2.64. The first kappa shape index (κ1) is 21.2. The van der Waals surface area contributed by atoms with Gasteiger partial charge in [0.05, 0.1) is 6.61 Å². The normalized spacial score (nSPS) is 21.9. The molecular formula is C20H30N2O5. The van der Waals surface area contributed by atoms with E-state index >= 15 is 0 Å². The topological polar surface area (TPSA) is 88.1 Å². The molecule has 27 heavy (non-hydrogen) atoms. The largest absolute Gasteiger partial charge is 0.480 e. The molecular weight excluding hydrogens is 348 g/mol. The number of nitrogens with zero attached hydrogens (tertiary/aromatic N) is 1. The van der Waals surface area contributed by atoms with Gasteiger partial charge in [-0.1, -0.05) is 25.5 Å². The van der Waals surface area contributed by atoms with Gasteiger partial charge in [0.15, 0.2) is 6.04 Å². The van der Waals surface area contributed by atoms with Crippen molar-refractivity contribution in [2.24, 2.45) is 0 Å². The summed E-state index contributed by atoms with van der Waals surface area (Å²) < 4.78 is 10.1. The summed E-state index contributed by atoms with van der Waals surface area (Å²) in [5, 5.41) is 11.4. The number of ether oxygens (including phenoxy) is 2. The molecule has 0 radical (unpaired) electrons. The minimum absolute atomic E-state index is 0.0285. The fourth-order valence-corrected chi connectivity index (χ4v) is 3.76. The highest BCUT2D eigenvalue weighted by atomic mass is 16.6. The number of benzene rings is 1. The van der Waals surface area contributed by atoms with Gasteiger partial charge >= 0.3 is 12.1 Å². The first-order chi connectivity index (χ1) is 12.9. The number of nitrogens with one attached hydrogen (secondary N) is 1. The summed E-state index contributed by atoms with van der Waals surface area (Å²) in [7, 11) is 3.52. The van der Waals surface area contributed by atoms with E-state index < -0.39 is 18.1 Å². The lowest BCUT2D eigenvalue weighted by Crippen LogP contribution is -2.45. The van der Waals surface area contributed by atoms with Gasteiger partial charge in [0, 0.05) is 19.1 Å². The number of likely N-dealkylation sites (tertiary alicyclic amines) is 1. The molecule has 0 aromatic heterocycles. The summed E-state index contributed by atoms with van der Waals surface area (Å²) in [6.45, 7) is 4.13. The molecule has 1 unspecified atom stereocenters. The lowest BCUT2D eigenvalue weighted by atomic mass is 9.74. The van der Waals surface area contributed by atoms with Gasteiger partial charge in [0.1, 0.15) is 5.75 Å². The summed E-state index contributed by atoms with van der Waals surface area (Å²) in [6.07, 6.45) is 3.65. The molecule has 0 saturated carbocycles. The van der Waals surface area contributed by atoms with E-state index in [9.17, 15) is 9.59 Å². The molecule has 1 aromatic carbocycles. The van der Waals surface area contributed by atoms with Crippen LogP contribution in [-0.2, 0) is 14.9 Å². The molecule has 1 fully saturated rings. The Balaban J connectivity index is 2.14. The number of carboxylic acids is 1. The number of aliphatic carboxylic acids is 1. The number of hydrogen-bond donors (Lipinski definition) is 2. The molecule has 2 atom stereocenters. The van der Waals surface area contributed by atoms with Crippen LogP contribution in [0.4, 0.5) is 4.79 Å². The predicted molar refractivity (Wildman–Crippen MR) is 102 cm³/mol. The molecule has 1 saturated heterocycles. The molecule has 0 bridgehead atoms. The monoisotopic (exact) mass is 378 g/mol. The Hall–Kier alpha value is -2.12. The van der Waals surface area contributed by atoms with Gasteiger partial charge in [-0.25, -0.2) is 9.59 Å². The third-order valence-electron chi connectivity index (χ3n) is 5.27. The summed E-state index contributed by atoms with van der Waals surface area (Å²) in [5.74, 6) is -0.764. The minimum atomic E-state index is -1.17. The fourth-order valence-electron chi connectivity index (χ4n) is 3.76. The number of methoxy groups -OCH3 is 1. The van der Waals surface area contributed by atoms with Crippen molar-refractivity contribution in [3.05, 3.63) is 29.8 Å². The number of carbonyl (C=O) groups excluding carboxylic acids is 1. The van der Waals surface area contributed by atoms with Gasteiger partial charge in [-0.3, -0.25) is 0 Å². The number of likely N-dealkylation sites (N-methyl/N-ethyl adjacent to an activating group) is 1. The van der Waals surface area contributed by atoms with Gasteiger partial charge in [-0.2, -0.15) is 0 Å². The van der Waals surface area contributed by atoms with Crippen LogP contribution >= 0.6 is 0 Å². The second kappa shape index (κ2) is 9.71. The van der Waals surface area contributed by atoms with Crippen LogP contribution in [0.1, 0.15) is 38.2 Å². The van der Waals surface area contributed by atoms with E-state index in [1.165, 1.54) is 20.0 Å². The zero-order valence-corrected chi connectivity index (χ0v) is 16.4. The van der Waals surface area contributed by atoms with Crippen LogP contribution in [0.25, 0.3) is 0 Å². The van der Waals surface area contributed by atoms with E-state index in [0.717, 1.165) is 31.5 Å². The highest BCUT2D eigenvalue weighted by Gasteiger charge is 2.33. The number of carboxylic acid groups (broad SMARTS) is 1. The highest BCUT2D eigenvalue weighted by molar-refractivity contribution is 5.80. The Bertz CT molecular complexity index is 651. The lowest BCUT2D eigenvalue weighted by Gasteiger charge is -2.35. The van der Waals surface area contributed by atoms with Gasteiger partial charge in [0.25, 0.3) is 0 Å². The smallest absolute Gasteiger partial charge is 0.413 e. The van der Waals surface area contributed by atoms with Crippen molar-refractivity contribution in [2.75, 3.05) is 33.9 Å². The Kier molecular flexibility index (Phi) is 7.62. The number of hydrogen-bond acceptors (Lipinski definition) is 5. The molecule has 0 aliphatic carbocycles. The molecule has 1 heterocycles. The molecule has 1 aromatic rings. The zero-order valence-electron chi connectivity index (χ0n) is 16.4. The first-order valence-electron chi connectivity index (χ1n) is 9.39. The summed E-state index contributed by atoms with van der Waals surface area (Å²) in [5.41, 5.74) is 1.18. The van der Waals surface area contributed by atoms with Crippen molar-refractivity contribution in [1.29, 1.82) is 0 Å². The van der Waals surface area contributed by atoms with Crippen LogP contribution in [0.5, 0.6) is 5.75 Å². The molecule has 150 valence electrons. The van der Waals surface area contributed by atoms with E-state index in [4.69, 9.17) is 14.6 Å². The molecule has 0 spiro atoms. The van der Waals surface area contributed by atoms with Crippen LogP contribution in [-0.4, -0.2) is 62.0 Å². The number of amides is 1. The third kappa shape index (κ3) is 5.68. The molecule has 1 amide bonds. The van der Waals surface area contributed by atoms with Crippen molar-refractivity contribution in [2.45, 2.75) is 44.1 Å². The molecule has 1 aliphatic heterocycles. The number of carbonyl (C=O) groups is 2. The Morgan fingerprint density at radius 3 is 2.81 bits per heavy atom. The van der Waals surface area contributed by atoms with Gasteiger partial charge < -0.3 is 24.8 Å². The van der Waals surface area contributed by atoms with E-state index in [2.05, 4.69) is 30.3 Å². The van der Waals surface area contributed by atoms with Crippen LogP contribution in [0.15, 0.2) is 24.3 Å². The SMILES string of the molecule is CCC1(c2cccc(OC(=O)N[C@@H](COC)C(=O)O)c2)CCCCN(C)C1. The van der Waals surface area contributed by atoms with E-state index in [0.29, 0.717) is 5.75 Å². The van der Waals surface area contributed by atoms with Crippen LogP contribution in [0, 0.1) is 0 Å². The molecule has 7 nitrogen and oxygen atoms in total. The Morgan fingerprint density at radius 2 is 2.15 bits per heavy atom. The zero-order chi connectivity index (χ0) is 19.9. The van der Waals surface area contributed by atoms with Crippen molar-refractivity contribution in [1.82, 2.24) is 10.2 Å². The van der Waals surface area contributed by atoms with Gasteiger partial charge in [-0.15, -0.1) is 0 Å². The number of rotatable bonds is 7. The second-order valence-corrected chi connectivity index (χ2v) is 7.24. The Labute approximate surface area is 160 Å². The maximum Gasteiger partial charge on any atom is 0.413 e. The molecule has 2 N–H and O–H groups in total. The van der Waals surface area contributed by atoms with Crippen molar-refractivity contribution >= 4 is 12.1 Å². The lowest BCUT2D eigenvalue weighted by molar-refractivity contribution is -0.140. The quantitative estimate of drug-likeness (QED) is 0.758. The van der Waals surface area contributed by atoms with E-state index in [1.807, 2.05) is 12.1 Å². The molecule has 1 aliphatic rings. The maximum atomic E-state index is 12.1. The standard InChI is InChI=1S/C20H30N2O5/c1-4-20(10-5-6-11-22(2)14-20)15-8-7-9-16(12-15)27-19(25)21-17(13-26-3)18(23)24/h7-9,12,17H,4-6,10-11,13-14H2,1-3H3,(H,21,25)(H,23,24)/t17-,20?/m0/s1. The summed E-state index contributed by atoms with van der Waals surface area (Å²) >= 11 is 0. The molecule has 2 rings (SSSR count). The summed E-state index contributed by atoms with van der Waals surface area (Å²) in [6, 6.07) is 6.42. The van der Waals surface area contributed by atoms with E-state index in [-0.39, 0.29) is 12.0 Å². The Morgan fingerprint density at radius 1 is 1.37 bits per heavy atom. The van der Waals surface area contributed by atoms with Crippen molar-refractivity contribution < 1.29 is 24.2 Å². The van der Waals surface area contributed by atoms with Crippen molar-refractivity contribution in [3.8, 4) is 5.75 Å². The molecule has 7 heteroatoms. The minimum Gasteiger partial charge on any atom is -0.480 e. The van der Waals surface area contributed by atoms with Gasteiger partial charge in [0.2, 0.25) is 0 Å². The average molecular weight is 378 g/mol. The van der Waals surface area contributed by atoms with Crippen LogP contribution in [0.2, 0.25) is 0 Å². The highest BCUT2D eigenvalue weighted by Crippen LogP contribution is 2.37. The van der Waals surface area contributed by atoms with Gasteiger partial charge in [-0.05, 0) is 50.6 Å². The third-order valence-corrected chi connectivity index (χ3v) is 5.27. The van der Waals surface area contributed by atoms with E-state index in [1.54, 1.807) is 6.07 Å². The average Bonchev–Trinajstić information content (AvgIpc) is 2.83.